The van der Waals surface area contributed by atoms with Crippen molar-refractivity contribution in [2.75, 3.05) is 11.4 Å². The number of fused-ring (bicyclic) bond motifs is 3. The molecule has 1 nitrogen and oxygen atoms in total. The Bertz CT molecular complexity index is 1710. The molecule has 3 aliphatic carbocycles. The van der Waals surface area contributed by atoms with Gasteiger partial charge in [0.05, 0.1) is 0 Å². The molecular formula is C37H36Cl2NSiZr. The van der Waals surface area contributed by atoms with Crippen molar-refractivity contribution >= 4 is 36.6 Å². The number of hydrogen-bond donors (Lipinski definition) is 0. The summed E-state index contributed by atoms with van der Waals surface area (Å²) in [7, 11) is -0.594. The first-order valence-corrected chi connectivity index (χ1v) is 18.6. The molecule has 0 saturated heterocycles. The van der Waals surface area contributed by atoms with Crippen LogP contribution in [0.2, 0.25) is 16.7 Å². The molecule has 0 radical (unpaired) electrons. The zero-order chi connectivity index (χ0) is 27.5. The van der Waals surface area contributed by atoms with Crippen molar-refractivity contribution in [3.05, 3.63) is 129 Å². The van der Waals surface area contributed by atoms with Gasteiger partial charge in [-0.1, -0.05) is 0 Å². The number of hydrogen-bond acceptors (Lipinski definition) is 1. The van der Waals surface area contributed by atoms with Crippen molar-refractivity contribution in [3.8, 4) is 0 Å². The van der Waals surface area contributed by atoms with E-state index in [4.69, 9.17) is 0 Å². The molecule has 5 heteroatoms. The maximum atomic E-state index is 2.60. The molecule has 211 valence electrons. The number of halogens is 2. The van der Waals surface area contributed by atoms with Gasteiger partial charge in [0.25, 0.3) is 0 Å². The third-order valence-corrected chi connectivity index (χ3v) is 12.9. The molecule has 0 amide bonds. The number of rotatable bonds is 3. The predicted octanol–water partition coefficient (Wildman–Crippen LogP) is 3.24. The van der Waals surface area contributed by atoms with Gasteiger partial charge in [-0.25, -0.2) is 0 Å². The first-order valence-electron chi connectivity index (χ1n) is 14.7. The molecule has 2 unspecified atom stereocenters. The number of anilines is 2. The fourth-order valence-electron chi connectivity index (χ4n) is 7.54. The molecule has 2 atom stereocenters. The maximum absolute atomic E-state index is 2.60. The summed E-state index contributed by atoms with van der Waals surface area (Å²) in [6.45, 7) is 10.8. The van der Waals surface area contributed by atoms with Gasteiger partial charge in [-0.15, -0.1) is 0 Å². The summed E-state index contributed by atoms with van der Waals surface area (Å²) in [6, 6.07) is 27.4. The summed E-state index contributed by atoms with van der Waals surface area (Å²) >= 11 is 1.60. The molecule has 3 aromatic carbocycles. The number of benzene rings is 3. The van der Waals surface area contributed by atoms with Crippen LogP contribution in [0.15, 0.2) is 107 Å². The van der Waals surface area contributed by atoms with Crippen LogP contribution >= 0.6 is 0 Å². The standard InChI is InChI=1S/C37H36NSi.2ClH.Zr/c1-24-22-28-19-20-33(39(3)4)36(27-13-6-5-7-14-27)37(28)35(24)34-25(2)23-30-29(34)16-10-18-32(30)38-21-11-15-26-12-8-9-17-31(26)38;;;/h5-10,12-14,16-19,22-23,34H,11,15,20-21H2,1-4H3;2*1H;/q;;;+2/p-2. The van der Waals surface area contributed by atoms with Crippen LogP contribution in [0.3, 0.4) is 0 Å². The quantitative estimate of drug-likeness (QED) is 0.384. The SMILES string of the molecule is CC1=Cc2c(cccc2N2CCCc3ccccc32)C1C1=C(C)[CH]([Zr+2])C2=CCC(=[Si](C)C)C(c3ccccc3)=C21.[Cl-].[Cl-]. The van der Waals surface area contributed by atoms with Crippen LogP contribution in [0.4, 0.5) is 11.4 Å². The van der Waals surface area contributed by atoms with Gasteiger partial charge in [0, 0.05) is 0 Å². The summed E-state index contributed by atoms with van der Waals surface area (Å²) in [5, 5.41) is 1.68. The average molecular weight is 685 g/mol. The Morgan fingerprint density at radius 3 is 2.31 bits per heavy atom. The molecule has 0 fully saturated rings. The second kappa shape index (κ2) is 12.5. The zero-order valence-corrected chi connectivity index (χ0v) is 29.7. The molecule has 3 aromatic rings. The Morgan fingerprint density at radius 1 is 0.833 bits per heavy atom. The van der Waals surface area contributed by atoms with Crippen LogP contribution < -0.4 is 29.7 Å². The van der Waals surface area contributed by atoms with Crippen LogP contribution in [-0.2, 0) is 31.1 Å². The molecule has 42 heavy (non-hydrogen) atoms. The van der Waals surface area contributed by atoms with E-state index in [2.05, 4.69) is 117 Å². The summed E-state index contributed by atoms with van der Waals surface area (Å²) < 4.78 is 0.552. The molecular weight excluding hydrogens is 649 g/mol. The summed E-state index contributed by atoms with van der Waals surface area (Å²) in [6.07, 6.45) is 8.60. The van der Waals surface area contributed by atoms with Gasteiger partial charge in [0.1, 0.15) is 0 Å². The molecule has 0 saturated carbocycles. The molecule has 1 aliphatic heterocycles. The molecule has 0 bridgehead atoms. The van der Waals surface area contributed by atoms with Crippen molar-refractivity contribution < 1.29 is 49.5 Å². The fourth-order valence-corrected chi connectivity index (χ4v) is 9.84. The second-order valence-electron chi connectivity index (χ2n) is 12.0. The minimum Gasteiger partial charge on any atom is -1.00 e. The van der Waals surface area contributed by atoms with E-state index in [0.29, 0.717) is 9.54 Å². The van der Waals surface area contributed by atoms with Gasteiger partial charge in [0.2, 0.25) is 0 Å². The zero-order valence-electron chi connectivity index (χ0n) is 24.8. The monoisotopic (exact) mass is 682 g/mol. The van der Waals surface area contributed by atoms with Crippen LogP contribution in [-0.4, -0.2) is 20.1 Å². The number of allylic oxidation sites excluding steroid dienone is 7. The van der Waals surface area contributed by atoms with Crippen LogP contribution in [0.25, 0.3) is 11.6 Å². The molecule has 4 aliphatic rings. The van der Waals surface area contributed by atoms with Crippen molar-refractivity contribution in [1.82, 2.24) is 0 Å². The van der Waals surface area contributed by atoms with Crippen molar-refractivity contribution in [1.29, 1.82) is 0 Å². The number of para-hydroxylation sites is 1. The smallest absolute Gasteiger partial charge is 1.00 e. The average Bonchev–Trinajstić information content (AvgIpc) is 3.44. The van der Waals surface area contributed by atoms with Crippen molar-refractivity contribution in [3.63, 3.8) is 0 Å². The predicted molar refractivity (Wildman–Crippen MR) is 170 cm³/mol. The molecule has 0 spiro atoms. The van der Waals surface area contributed by atoms with Gasteiger partial charge >= 0.3 is 258 Å². The third-order valence-electron chi connectivity index (χ3n) is 9.42. The summed E-state index contributed by atoms with van der Waals surface area (Å²) in [5.74, 6) is 0.321. The Hall–Kier alpha value is -2.03. The van der Waals surface area contributed by atoms with Gasteiger partial charge in [-0.3, -0.25) is 0 Å². The van der Waals surface area contributed by atoms with Crippen molar-refractivity contribution in [2.45, 2.75) is 55.7 Å². The number of aryl methyl sites for hydroxylation is 1. The summed E-state index contributed by atoms with van der Waals surface area (Å²) in [4.78, 5) is 2.59. The maximum Gasteiger partial charge on any atom is -1.00 e. The molecule has 0 aromatic heterocycles. The molecule has 7 rings (SSSR count). The Labute approximate surface area is 280 Å². The Balaban J connectivity index is 0.00000176. The second-order valence-corrected chi connectivity index (χ2v) is 16.0. The molecule has 0 N–H and O–H groups in total. The minimum atomic E-state index is -0.594. The Kier molecular flexibility index (Phi) is 9.36. The first kappa shape index (κ1) is 31.4. The van der Waals surface area contributed by atoms with E-state index in [-0.39, 0.29) is 24.8 Å². The summed E-state index contributed by atoms with van der Waals surface area (Å²) in [5.41, 5.74) is 17.9. The van der Waals surface area contributed by atoms with Gasteiger partial charge < -0.3 is 24.8 Å². The minimum absolute atomic E-state index is 0. The van der Waals surface area contributed by atoms with Crippen molar-refractivity contribution in [2.24, 2.45) is 0 Å². The van der Waals surface area contributed by atoms with E-state index in [0.717, 1.165) is 13.0 Å². The van der Waals surface area contributed by atoms with E-state index in [1.807, 2.05) is 0 Å². The normalized spacial score (nSPS) is 20.7. The van der Waals surface area contributed by atoms with E-state index >= 15 is 0 Å². The van der Waals surface area contributed by atoms with Gasteiger partial charge in [0.15, 0.2) is 0 Å². The van der Waals surface area contributed by atoms with Gasteiger partial charge in [-0.2, -0.15) is 0 Å². The first-order chi connectivity index (χ1) is 19.5. The van der Waals surface area contributed by atoms with E-state index in [1.54, 1.807) is 57.8 Å². The van der Waals surface area contributed by atoms with Crippen LogP contribution in [0.5, 0.6) is 0 Å². The largest absolute Gasteiger partial charge is 1.00 e. The van der Waals surface area contributed by atoms with E-state index in [9.17, 15) is 0 Å². The third kappa shape index (κ3) is 4.99. The topological polar surface area (TPSA) is 3.24 Å². The number of nitrogens with zero attached hydrogens (tertiary/aromatic N) is 1. The fraction of sp³-hybridized carbons (Fsp3) is 0.270. The van der Waals surface area contributed by atoms with Gasteiger partial charge in [-0.05, 0) is 0 Å². The van der Waals surface area contributed by atoms with E-state index in [1.165, 1.54) is 52.0 Å². The van der Waals surface area contributed by atoms with E-state index < -0.39 is 8.41 Å². The molecule has 1 heterocycles. The van der Waals surface area contributed by atoms with Crippen LogP contribution in [0.1, 0.15) is 54.9 Å². The Morgan fingerprint density at radius 2 is 1.55 bits per heavy atom. The van der Waals surface area contributed by atoms with Crippen LogP contribution in [0, 0.1) is 0 Å².